The number of nitrogens with zero attached hydrogens (tertiary/aromatic N) is 3. The van der Waals surface area contributed by atoms with Gasteiger partial charge < -0.3 is 14.8 Å². The first kappa shape index (κ1) is 25.2. The first-order chi connectivity index (χ1) is 16.4. The lowest BCUT2D eigenvalue weighted by atomic mass is 9.98. The summed E-state index contributed by atoms with van der Waals surface area (Å²) in [6.45, 7) is -0.277. The van der Waals surface area contributed by atoms with Crippen LogP contribution in [0.1, 0.15) is 33.5 Å². The summed E-state index contributed by atoms with van der Waals surface area (Å²) in [6.07, 6.45) is -11.0. The fraction of sp³-hybridized carbons (Fsp3) is 0.524. The average molecular weight is 510 g/mol. The number of benzene rings is 1. The van der Waals surface area contributed by atoms with Crippen molar-refractivity contribution in [3.8, 4) is 5.75 Å². The molecule has 0 saturated heterocycles. The number of hydrogen-bond acceptors (Lipinski definition) is 5. The van der Waals surface area contributed by atoms with E-state index in [1.54, 1.807) is 4.68 Å². The number of hydrogen-bond donors (Lipinski definition) is 1. The maximum absolute atomic E-state index is 15.0. The molecule has 0 fully saturated rings. The summed E-state index contributed by atoms with van der Waals surface area (Å²) < 4.78 is 102. The Kier molecular flexibility index (Phi) is 6.95. The zero-order valence-corrected chi connectivity index (χ0v) is 18.1. The normalized spacial score (nSPS) is 20.7. The lowest BCUT2D eigenvalue weighted by Gasteiger charge is -2.29. The van der Waals surface area contributed by atoms with Crippen molar-refractivity contribution in [1.29, 1.82) is 0 Å². The minimum absolute atomic E-state index is 0.0165. The summed E-state index contributed by atoms with van der Waals surface area (Å²) in [7, 11) is 0. The molecule has 4 rings (SSSR count). The van der Waals surface area contributed by atoms with Crippen molar-refractivity contribution in [2.75, 3.05) is 32.9 Å². The van der Waals surface area contributed by atoms with Gasteiger partial charge in [0.1, 0.15) is 19.0 Å². The van der Waals surface area contributed by atoms with Gasteiger partial charge in [0.15, 0.2) is 11.9 Å². The summed E-state index contributed by atoms with van der Waals surface area (Å²) in [5.41, 5.74) is -0.709. The van der Waals surface area contributed by atoms with Crippen LogP contribution in [-0.2, 0) is 24.0 Å². The number of nitrogens with one attached hydrogen (secondary N) is 1. The van der Waals surface area contributed by atoms with Crippen LogP contribution in [0.5, 0.6) is 5.75 Å². The van der Waals surface area contributed by atoms with E-state index in [1.807, 2.05) is 4.90 Å². The highest BCUT2D eigenvalue weighted by Gasteiger charge is 2.37. The molecule has 0 spiro atoms. The standard InChI is InChI=1S/C21H21F7N4O3/c22-18-14-7-12(21(26,27)28)1-2-17(14)35-10-16(18)29-19(33)15-8-13-9-31(3-4-32(13)30-15)5-6-34-11-20(23,24)25/h1-2,7-8,16,18H,3-6,9-11H2,(H,29,33)/t16-,18?/m0/s1. The molecule has 0 saturated carbocycles. The molecule has 1 unspecified atom stereocenters. The van der Waals surface area contributed by atoms with Crippen LogP contribution in [-0.4, -0.2) is 65.7 Å². The molecule has 2 atom stereocenters. The average Bonchev–Trinajstić information content (AvgIpc) is 3.21. The van der Waals surface area contributed by atoms with E-state index in [2.05, 4.69) is 15.2 Å². The molecule has 192 valence electrons. The highest BCUT2D eigenvalue weighted by molar-refractivity contribution is 5.92. The van der Waals surface area contributed by atoms with Gasteiger partial charge in [-0.2, -0.15) is 31.4 Å². The first-order valence-corrected chi connectivity index (χ1v) is 10.6. The van der Waals surface area contributed by atoms with Crippen LogP contribution in [0.3, 0.4) is 0 Å². The Balaban J connectivity index is 1.36. The number of amides is 1. The molecule has 2 aliphatic heterocycles. The zero-order valence-electron chi connectivity index (χ0n) is 18.1. The maximum atomic E-state index is 15.0. The third kappa shape index (κ3) is 6.04. The number of alkyl halides is 7. The molecule has 14 heteroatoms. The van der Waals surface area contributed by atoms with Crippen LogP contribution < -0.4 is 10.1 Å². The zero-order chi connectivity index (χ0) is 25.4. The van der Waals surface area contributed by atoms with E-state index in [0.29, 0.717) is 31.4 Å². The van der Waals surface area contributed by atoms with Gasteiger partial charge in [0.25, 0.3) is 5.91 Å². The Morgan fingerprint density at radius 1 is 1.17 bits per heavy atom. The van der Waals surface area contributed by atoms with Crippen LogP contribution in [0.15, 0.2) is 24.3 Å². The summed E-state index contributed by atoms with van der Waals surface area (Å²) in [4.78, 5) is 14.5. The van der Waals surface area contributed by atoms with Crippen LogP contribution in [0, 0.1) is 0 Å². The van der Waals surface area contributed by atoms with E-state index >= 15 is 4.39 Å². The molecule has 1 aromatic carbocycles. The Labute approximate surface area is 194 Å². The summed E-state index contributed by atoms with van der Waals surface area (Å²) >= 11 is 0. The van der Waals surface area contributed by atoms with Gasteiger partial charge >= 0.3 is 12.4 Å². The van der Waals surface area contributed by atoms with E-state index in [-0.39, 0.29) is 36.8 Å². The molecule has 7 nitrogen and oxygen atoms in total. The Morgan fingerprint density at radius 2 is 1.94 bits per heavy atom. The molecule has 0 radical (unpaired) electrons. The molecular formula is C21H21F7N4O3. The van der Waals surface area contributed by atoms with Gasteiger partial charge in [0.05, 0.1) is 30.5 Å². The van der Waals surface area contributed by atoms with E-state index in [0.717, 1.165) is 12.1 Å². The summed E-state index contributed by atoms with van der Waals surface area (Å²) in [6, 6.07) is 2.77. The van der Waals surface area contributed by atoms with Gasteiger partial charge in [0.2, 0.25) is 0 Å². The van der Waals surface area contributed by atoms with Crippen molar-refractivity contribution in [3.05, 3.63) is 46.8 Å². The predicted octanol–water partition coefficient (Wildman–Crippen LogP) is 3.50. The molecule has 0 aliphatic carbocycles. The van der Waals surface area contributed by atoms with E-state index in [4.69, 9.17) is 4.74 Å². The maximum Gasteiger partial charge on any atom is 0.416 e. The van der Waals surface area contributed by atoms with Crippen LogP contribution in [0.2, 0.25) is 0 Å². The topological polar surface area (TPSA) is 68.6 Å². The van der Waals surface area contributed by atoms with E-state index < -0.39 is 42.6 Å². The fourth-order valence-corrected chi connectivity index (χ4v) is 3.91. The van der Waals surface area contributed by atoms with Crippen LogP contribution in [0.4, 0.5) is 30.7 Å². The molecule has 2 aliphatic rings. The lowest BCUT2D eigenvalue weighted by molar-refractivity contribution is -0.174. The Bertz CT molecular complexity index is 1070. The number of carbonyl (C=O) groups is 1. The number of ether oxygens (including phenoxy) is 2. The molecule has 35 heavy (non-hydrogen) atoms. The highest BCUT2D eigenvalue weighted by atomic mass is 19.4. The number of aromatic nitrogens is 2. The molecule has 2 aromatic rings. The Morgan fingerprint density at radius 3 is 2.66 bits per heavy atom. The molecule has 1 amide bonds. The predicted molar refractivity (Wildman–Crippen MR) is 106 cm³/mol. The van der Waals surface area contributed by atoms with E-state index in [1.165, 1.54) is 6.07 Å². The van der Waals surface area contributed by atoms with Crippen molar-refractivity contribution in [2.45, 2.75) is 37.7 Å². The molecule has 0 bridgehead atoms. The summed E-state index contributed by atoms with van der Waals surface area (Å²) in [5.74, 6) is -0.744. The lowest BCUT2D eigenvalue weighted by Crippen LogP contribution is -2.44. The van der Waals surface area contributed by atoms with Crippen molar-refractivity contribution >= 4 is 5.91 Å². The molecular weight excluding hydrogens is 489 g/mol. The monoisotopic (exact) mass is 510 g/mol. The third-order valence-corrected chi connectivity index (χ3v) is 5.65. The van der Waals surface area contributed by atoms with Gasteiger partial charge in [-0.25, -0.2) is 4.39 Å². The highest BCUT2D eigenvalue weighted by Crippen LogP contribution is 2.39. The number of fused-ring (bicyclic) bond motifs is 2. The molecule has 1 aromatic heterocycles. The third-order valence-electron chi connectivity index (χ3n) is 5.65. The molecule has 1 N–H and O–H groups in total. The van der Waals surface area contributed by atoms with Crippen LogP contribution >= 0.6 is 0 Å². The minimum atomic E-state index is -4.65. The van der Waals surface area contributed by atoms with E-state index in [9.17, 15) is 31.1 Å². The van der Waals surface area contributed by atoms with Gasteiger partial charge in [-0.3, -0.25) is 14.4 Å². The largest absolute Gasteiger partial charge is 0.491 e. The molecule has 3 heterocycles. The number of carbonyl (C=O) groups excluding carboxylic acids is 1. The Hall–Kier alpha value is -2.87. The number of rotatable bonds is 6. The van der Waals surface area contributed by atoms with Crippen molar-refractivity contribution in [1.82, 2.24) is 20.0 Å². The van der Waals surface area contributed by atoms with Gasteiger partial charge in [-0.1, -0.05) is 0 Å². The van der Waals surface area contributed by atoms with Crippen LogP contribution in [0.25, 0.3) is 0 Å². The van der Waals surface area contributed by atoms with Gasteiger partial charge in [0, 0.05) is 25.2 Å². The summed E-state index contributed by atoms with van der Waals surface area (Å²) in [5, 5.41) is 6.61. The second-order valence-electron chi connectivity index (χ2n) is 8.23. The fourth-order valence-electron chi connectivity index (χ4n) is 3.91. The minimum Gasteiger partial charge on any atom is -0.491 e. The van der Waals surface area contributed by atoms with Crippen molar-refractivity contribution in [2.24, 2.45) is 0 Å². The van der Waals surface area contributed by atoms with Gasteiger partial charge in [-0.05, 0) is 24.3 Å². The quantitative estimate of drug-likeness (QED) is 0.476. The van der Waals surface area contributed by atoms with Crippen molar-refractivity contribution < 1.29 is 45.0 Å². The number of halogens is 7. The SMILES string of the molecule is O=C(N[C@H]1COc2ccc(C(F)(F)F)cc2C1F)c1cc2n(n1)CCN(CCOCC(F)(F)F)C2. The van der Waals surface area contributed by atoms with Crippen molar-refractivity contribution in [3.63, 3.8) is 0 Å². The smallest absolute Gasteiger partial charge is 0.416 e. The first-order valence-electron chi connectivity index (χ1n) is 10.6. The second kappa shape index (κ2) is 9.64. The second-order valence-corrected chi connectivity index (χ2v) is 8.23. The van der Waals surface area contributed by atoms with Gasteiger partial charge in [-0.15, -0.1) is 0 Å².